The van der Waals surface area contributed by atoms with E-state index in [0.717, 1.165) is 5.56 Å². The number of sulfonamides is 1. The summed E-state index contributed by atoms with van der Waals surface area (Å²) in [7, 11) is -2.01. The Balaban J connectivity index is 2.21. The van der Waals surface area contributed by atoms with Gasteiger partial charge in [-0.25, -0.2) is 13.1 Å². The second kappa shape index (κ2) is 8.47. The molecule has 0 radical (unpaired) electrons. The molecule has 0 saturated heterocycles. The third kappa shape index (κ3) is 5.16. The lowest BCUT2D eigenvalue weighted by Gasteiger charge is -2.20. The van der Waals surface area contributed by atoms with Crippen molar-refractivity contribution in [2.24, 2.45) is 5.92 Å². The minimum atomic E-state index is -3.73. The second-order valence-corrected chi connectivity index (χ2v) is 8.57. The van der Waals surface area contributed by atoms with Crippen molar-refractivity contribution in [3.63, 3.8) is 0 Å². The van der Waals surface area contributed by atoms with Crippen molar-refractivity contribution in [2.45, 2.75) is 31.7 Å². The first kappa shape index (κ1) is 20.1. The molecule has 0 fully saturated rings. The Hall–Kier alpha value is -2.18. The molecule has 1 atom stereocenters. The zero-order chi connectivity index (χ0) is 19.3. The number of rotatable bonds is 7. The van der Waals surface area contributed by atoms with Crippen molar-refractivity contribution in [3.05, 3.63) is 65.7 Å². The molecular weight excluding hydrogens is 348 g/mol. The first-order valence-corrected chi connectivity index (χ1v) is 10.1. The van der Waals surface area contributed by atoms with Gasteiger partial charge in [0.2, 0.25) is 10.0 Å². The van der Waals surface area contributed by atoms with Crippen LogP contribution < -0.4 is 4.72 Å². The molecule has 5 nitrogen and oxygen atoms in total. The number of nitrogens with one attached hydrogen (secondary N) is 1. The van der Waals surface area contributed by atoms with Gasteiger partial charge in [0.15, 0.2) is 0 Å². The lowest BCUT2D eigenvalue weighted by atomic mass is 10.1. The maximum Gasteiger partial charge on any atom is 0.253 e. The molecule has 26 heavy (non-hydrogen) atoms. The fourth-order valence-corrected chi connectivity index (χ4v) is 4.04. The lowest BCUT2D eigenvalue weighted by molar-refractivity contribution is 0.0779. The van der Waals surface area contributed by atoms with Crippen LogP contribution in [0.25, 0.3) is 0 Å². The molecule has 2 aromatic carbocycles. The summed E-state index contributed by atoms with van der Waals surface area (Å²) in [4.78, 5) is 14.2. The molecule has 0 bridgehead atoms. The minimum absolute atomic E-state index is 0.0871. The van der Waals surface area contributed by atoms with Crippen molar-refractivity contribution >= 4 is 15.9 Å². The van der Waals surface area contributed by atoms with Gasteiger partial charge in [-0.15, -0.1) is 0 Å². The Morgan fingerprint density at radius 1 is 1.04 bits per heavy atom. The summed E-state index contributed by atoms with van der Waals surface area (Å²) in [5.41, 5.74) is 1.24. The zero-order valence-electron chi connectivity index (χ0n) is 15.6. The minimum Gasteiger partial charge on any atom is -0.341 e. The molecule has 2 aromatic rings. The van der Waals surface area contributed by atoms with E-state index in [-0.39, 0.29) is 16.8 Å². The van der Waals surface area contributed by atoms with Crippen molar-refractivity contribution in [2.75, 3.05) is 13.6 Å². The molecule has 1 N–H and O–H groups in total. The number of benzene rings is 2. The quantitative estimate of drug-likeness (QED) is 0.807. The molecule has 0 aliphatic rings. The fraction of sp³-hybridized carbons (Fsp3) is 0.350. The summed E-state index contributed by atoms with van der Waals surface area (Å²) in [6.45, 7) is 6.45. The molecule has 140 valence electrons. The fourth-order valence-electron chi connectivity index (χ4n) is 2.76. The van der Waals surface area contributed by atoms with Crippen LogP contribution in [0.15, 0.2) is 59.5 Å². The SMILES string of the molecule is CC(C)CN(C)C(=O)c1cccc(S(=O)(=O)NC(C)c2ccccc2)c1. The highest BCUT2D eigenvalue weighted by molar-refractivity contribution is 7.89. The molecule has 0 saturated carbocycles. The highest BCUT2D eigenvalue weighted by atomic mass is 32.2. The van der Waals surface area contributed by atoms with Crippen LogP contribution in [-0.4, -0.2) is 32.8 Å². The molecular formula is C20H26N2O3S. The van der Waals surface area contributed by atoms with Crippen molar-refractivity contribution in [3.8, 4) is 0 Å². The summed E-state index contributed by atoms with van der Waals surface area (Å²) in [6, 6.07) is 15.1. The summed E-state index contributed by atoms with van der Waals surface area (Å²) >= 11 is 0. The number of hydrogen-bond donors (Lipinski definition) is 1. The van der Waals surface area contributed by atoms with Crippen LogP contribution in [0.5, 0.6) is 0 Å². The summed E-state index contributed by atoms with van der Waals surface area (Å²) in [5.74, 6) is 0.149. The van der Waals surface area contributed by atoms with Gasteiger partial charge < -0.3 is 4.90 Å². The summed E-state index contributed by atoms with van der Waals surface area (Å²) in [6.07, 6.45) is 0. The van der Waals surface area contributed by atoms with E-state index in [1.165, 1.54) is 12.1 Å². The average molecular weight is 375 g/mol. The van der Waals surface area contributed by atoms with Crippen LogP contribution in [0.3, 0.4) is 0 Å². The predicted octanol–water partition coefficient (Wildman–Crippen LogP) is 3.45. The van der Waals surface area contributed by atoms with Gasteiger partial charge in [-0.2, -0.15) is 0 Å². The molecule has 2 rings (SSSR count). The Morgan fingerprint density at radius 2 is 1.69 bits per heavy atom. The average Bonchev–Trinajstić information content (AvgIpc) is 2.61. The van der Waals surface area contributed by atoms with E-state index >= 15 is 0 Å². The highest BCUT2D eigenvalue weighted by Crippen LogP contribution is 2.18. The molecule has 0 heterocycles. The molecule has 0 aliphatic carbocycles. The topological polar surface area (TPSA) is 66.5 Å². The van der Waals surface area contributed by atoms with E-state index in [4.69, 9.17) is 0 Å². The normalized spacial score (nSPS) is 12.8. The number of carbonyl (C=O) groups excluding carboxylic acids is 1. The first-order chi connectivity index (χ1) is 12.2. The van der Waals surface area contributed by atoms with Gasteiger partial charge >= 0.3 is 0 Å². The monoisotopic (exact) mass is 374 g/mol. The largest absolute Gasteiger partial charge is 0.341 e. The van der Waals surface area contributed by atoms with Gasteiger partial charge in [-0.3, -0.25) is 4.79 Å². The molecule has 0 aliphatic heterocycles. The Kier molecular flexibility index (Phi) is 6.56. The van der Waals surface area contributed by atoms with E-state index in [1.54, 1.807) is 31.0 Å². The number of nitrogens with zero attached hydrogens (tertiary/aromatic N) is 1. The number of carbonyl (C=O) groups is 1. The van der Waals surface area contributed by atoms with Gasteiger partial charge in [-0.05, 0) is 36.6 Å². The summed E-state index contributed by atoms with van der Waals surface area (Å²) in [5, 5.41) is 0. The van der Waals surface area contributed by atoms with Crippen molar-refractivity contribution in [1.29, 1.82) is 0 Å². The van der Waals surface area contributed by atoms with Crippen LogP contribution >= 0.6 is 0 Å². The van der Waals surface area contributed by atoms with Gasteiger partial charge in [0, 0.05) is 25.2 Å². The molecule has 6 heteroatoms. The van der Waals surface area contributed by atoms with Crippen LogP contribution in [0.4, 0.5) is 0 Å². The summed E-state index contributed by atoms with van der Waals surface area (Å²) < 4.78 is 28.1. The first-order valence-electron chi connectivity index (χ1n) is 8.63. The Labute approximate surface area is 156 Å². The Morgan fingerprint density at radius 3 is 2.31 bits per heavy atom. The van der Waals surface area contributed by atoms with Gasteiger partial charge in [0.1, 0.15) is 0 Å². The second-order valence-electron chi connectivity index (χ2n) is 6.86. The van der Waals surface area contributed by atoms with Crippen LogP contribution in [0.1, 0.15) is 42.7 Å². The van der Waals surface area contributed by atoms with E-state index < -0.39 is 10.0 Å². The predicted molar refractivity (Wildman–Crippen MR) is 103 cm³/mol. The standard InChI is InChI=1S/C20H26N2O3S/c1-15(2)14-22(4)20(23)18-11-8-12-19(13-18)26(24,25)21-16(3)17-9-6-5-7-10-17/h5-13,15-16,21H,14H2,1-4H3. The van der Waals surface area contributed by atoms with E-state index in [0.29, 0.717) is 18.0 Å². The Bertz CT molecular complexity index is 848. The van der Waals surface area contributed by atoms with Gasteiger partial charge in [-0.1, -0.05) is 50.2 Å². The smallest absolute Gasteiger partial charge is 0.253 e. The molecule has 1 unspecified atom stereocenters. The van der Waals surface area contributed by atoms with Crippen molar-refractivity contribution < 1.29 is 13.2 Å². The van der Waals surface area contributed by atoms with Crippen LogP contribution in [0, 0.1) is 5.92 Å². The van der Waals surface area contributed by atoms with Gasteiger partial charge in [0.05, 0.1) is 4.90 Å². The molecule has 0 spiro atoms. The third-order valence-electron chi connectivity index (χ3n) is 4.01. The maximum atomic E-state index is 12.7. The number of amides is 1. The lowest BCUT2D eigenvalue weighted by Crippen LogP contribution is -2.31. The zero-order valence-corrected chi connectivity index (χ0v) is 16.5. The van der Waals surface area contributed by atoms with Gasteiger partial charge in [0.25, 0.3) is 5.91 Å². The van der Waals surface area contributed by atoms with E-state index in [1.807, 2.05) is 44.2 Å². The molecule has 0 aromatic heterocycles. The van der Waals surface area contributed by atoms with Crippen LogP contribution in [0.2, 0.25) is 0 Å². The van der Waals surface area contributed by atoms with E-state index in [2.05, 4.69) is 4.72 Å². The van der Waals surface area contributed by atoms with Crippen LogP contribution in [-0.2, 0) is 10.0 Å². The van der Waals surface area contributed by atoms with Crippen molar-refractivity contribution in [1.82, 2.24) is 9.62 Å². The number of hydrogen-bond acceptors (Lipinski definition) is 3. The molecule has 1 amide bonds. The van der Waals surface area contributed by atoms with E-state index in [9.17, 15) is 13.2 Å². The maximum absolute atomic E-state index is 12.7. The third-order valence-corrected chi connectivity index (χ3v) is 5.55. The highest BCUT2D eigenvalue weighted by Gasteiger charge is 2.21.